The molecule has 0 radical (unpaired) electrons. The van der Waals surface area contributed by atoms with Gasteiger partial charge in [-0.3, -0.25) is 0 Å². The van der Waals surface area contributed by atoms with Crippen molar-refractivity contribution in [3.8, 4) is 0 Å². The fourth-order valence-electron chi connectivity index (χ4n) is 1.17. The van der Waals surface area contributed by atoms with E-state index >= 15 is 0 Å². The fraction of sp³-hybridized carbons (Fsp3) is 0.500. The first-order chi connectivity index (χ1) is 6.74. The summed E-state index contributed by atoms with van der Waals surface area (Å²) in [5, 5.41) is 8.56. The van der Waals surface area contributed by atoms with Gasteiger partial charge in [-0.05, 0) is 18.4 Å². The van der Waals surface area contributed by atoms with Crippen molar-refractivity contribution in [1.29, 1.82) is 0 Å². The molecule has 1 rings (SSSR count). The molecule has 1 N–H and O–H groups in total. The Morgan fingerprint density at radius 3 is 2.50 bits per heavy atom. The molecule has 0 aliphatic carbocycles. The van der Waals surface area contributed by atoms with Gasteiger partial charge >= 0.3 is 5.97 Å². The van der Waals surface area contributed by atoms with Gasteiger partial charge in [0.2, 0.25) is 5.82 Å². The summed E-state index contributed by atoms with van der Waals surface area (Å²) in [4.78, 5) is 17.9. The van der Waals surface area contributed by atoms with Crippen LogP contribution in [0.1, 0.15) is 42.4 Å². The second-order valence-electron chi connectivity index (χ2n) is 3.18. The van der Waals surface area contributed by atoms with Crippen LogP contribution in [-0.2, 0) is 6.42 Å². The van der Waals surface area contributed by atoms with Crippen LogP contribution < -0.4 is 0 Å². The Morgan fingerprint density at radius 1 is 1.36 bits per heavy atom. The summed E-state index contributed by atoms with van der Waals surface area (Å²) in [6.07, 6.45) is 7.56. The van der Waals surface area contributed by atoms with Gasteiger partial charge in [-0.15, -0.1) is 0 Å². The smallest absolute Gasteiger partial charge is 0.373 e. The van der Waals surface area contributed by atoms with Gasteiger partial charge in [0.25, 0.3) is 0 Å². The molecule has 14 heavy (non-hydrogen) atoms. The van der Waals surface area contributed by atoms with Gasteiger partial charge in [0, 0.05) is 12.4 Å². The Balaban J connectivity index is 2.51. The highest BCUT2D eigenvalue weighted by atomic mass is 16.4. The number of carbonyl (C=O) groups is 1. The maximum absolute atomic E-state index is 10.4. The van der Waals surface area contributed by atoms with Crippen molar-refractivity contribution in [1.82, 2.24) is 9.97 Å². The molecule has 76 valence electrons. The van der Waals surface area contributed by atoms with E-state index in [0.717, 1.165) is 18.4 Å². The zero-order valence-corrected chi connectivity index (χ0v) is 8.23. The van der Waals surface area contributed by atoms with Crippen LogP contribution in [0.5, 0.6) is 0 Å². The van der Waals surface area contributed by atoms with Crippen LogP contribution in [0.2, 0.25) is 0 Å². The Bertz CT molecular complexity index is 295. The van der Waals surface area contributed by atoms with Crippen LogP contribution >= 0.6 is 0 Å². The second kappa shape index (κ2) is 5.32. The summed E-state index contributed by atoms with van der Waals surface area (Å²) in [6.45, 7) is 2.14. The minimum Gasteiger partial charge on any atom is -0.475 e. The summed E-state index contributed by atoms with van der Waals surface area (Å²) < 4.78 is 0. The normalized spacial score (nSPS) is 10.1. The van der Waals surface area contributed by atoms with Crippen LogP contribution in [0.15, 0.2) is 12.4 Å². The van der Waals surface area contributed by atoms with Crippen molar-refractivity contribution < 1.29 is 9.90 Å². The minimum atomic E-state index is -1.08. The first kappa shape index (κ1) is 10.6. The van der Waals surface area contributed by atoms with Crippen LogP contribution in [0.3, 0.4) is 0 Å². The van der Waals surface area contributed by atoms with E-state index in [4.69, 9.17) is 5.11 Å². The molecule has 0 saturated carbocycles. The number of nitrogens with zero attached hydrogens (tertiary/aromatic N) is 2. The lowest BCUT2D eigenvalue weighted by Gasteiger charge is -1.99. The number of aromatic carboxylic acids is 1. The third-order valence-electron chi connectivity index (χ3n) is 1.97. The quantitative estimate of drug-likeness (QED) is 0.727. The summed E-state index contributed by atoms with van der Waals surface area (Å²) in [6, 6.07) is 0. The van der Waals surface area contributed by atoms with Crippen molar-refractivity contribution in [3.05, 3.63) is 23.8 Å². The highest BCUT2D eigenvalue weighted by Gasteiger charge is 2.04. The number of rotatable bonds is 5. The Labute approximate surface area is 83.0 Å². The molecule has 0 bridgehead atoms. The maximum atomic E-state index is 10.4. The van der Waals surface area contributed by atoms with Crippen molar-refractivity contribution in [3.63, 3.8) is 0 Å². The predicted molar refractivity (Wildman–Crippen MR) is 52.2 cm³/mol. The average Bonchev–Trinajstić information content (AvgIpc) is 2.19. The fourth-order valence-corrected chi connectivity index (χ4v) is 1.17. The van der Waals surface area contributed by atoms with E-state index in [1.54, 1.807) is 12.4 Å². The van der Waals surface area contributed by atoms with Gasteiger partial charge < -0.3 is 5.11 Å². The zero-order chi connectivity index (χ0) is 10.4. The molecule has 0 amide bonds. The molecule has 0 aliphatic rings. The molecular formula is C10H14N2O2. The molecule has 0 unspecified atom stereocenters. The van der Waals surface area contributed by atoms with E-state index in [1.807, 2.05) is 0 Å². The average molecular weight is 194 g/mol. The van der Waals surface area contributed by atoms with Gasteiger partial charge in [0.05, 0.1) is 0 Å². The van der Waals surface area contributed by atoms with E-state index in [1.165, 1.54) is 12.8 Å². The third-order valence-corrected chi connectivity index (χ3v) is 1.97. The molecule has 0 spiro atoms. The van der Waals surface area contributed by atoms with Gasteiger partial charge in [0.15, 0.2) is 0 Å². The van der Waals surface area contributed by atoms with Crippen molar-refractivity contribution in [2.24, 2.45) is 0 Å². The van der Waals surface area contributed by atoms with Crippen LogP contribution in [-0.4, -0.2) is 21.0 Å². The standard InChI is InChI=1S/C10H14N2O2/c1-2-3-4-5-8-6-11-9(10(13)14)12-7-8/h6-7H,2-5H2,1H3,(H,13,14). The summed E-state index contributed by atoms with van der Waals surface area (Å²) >= 11 is 0. The number of hydrogen-bond acceptors (Lipinski definition) is 3. The molecular weight excluding hydrogens is 180 g/mol. The van der Waals surface area contributed by atoms with Crippen LogP contribution in [0.25, 0.3) is 0 Å². The summed E-state index contributed by atoms with van der Waals surface area (Å²) in [5.41, 5.74) is 1.00. The van der Waals surface area contributed by atoms with Crippen LogP contribution in [0, 0.1) is 0 Å². The molecule has 4 nitrogen and oxygen atoms in total. The molecule has 0 atom stereocenters. The lowest BCUT2D eigenvalue weighted by molar-refractivity contribution is 0.0683. The number of unbranched alkanes of at least 4 members (excludes halogenated alkanes) is 2. The first-order valence-electron chi connectivity index (χ1n) is 4.78. The molecule has 1 aromatic heterocycles. The number of aromatic nitrogens is 2. The Morgan fingerprint density at radius 2 is 2.00 bits per heavy atom. The Kier molecular flexibility index (Phi) is 4.04. The summed E-state index contributed by atoms with van der Waals surface area (Å²) in [5.74, 6) is -1.21. The highest BCUT2D eigenvalue weighted by molar-refractivity contribution is 5.82. The number of carboxylic acid groups (broad SMARTS) is 1. The van der Waals surface area contributed by atoms with Crippen LogP contribution in [0.4, 0.5) is 0 Å². The highest BCUT2D eigenvalue weighted by Crippen LogP contribution is 2.04. The number of hydrogen-bond donors (Lipinski definition) is 1. The molecule has 4 heteroatoms. The third kappa shape index (κ3) is 3.12. The predicted octanol–water partition coefficient (Wildman–Crippen LogP) is 1.91. The van der Waals surface area contributed by atoms with Gasteiger partial charge in [-0.1, -0.05) is 19.8 Å². The van der Waals surface area contributed by atoms with Gasteiger partial charge in [-0.2, -0.15) is 0 Å². The van der Waals surface area contributed by atoms with E-state index in [0.29, 0.717) is 0 Å². The molecule has 0 aliphatic heterocycles. The van der Waals surface area contributed by atoms with Crippen molar-refractivity contribution in [2.75, 3.05) is 0 Å². The monoisotopic (exact) mass is 194 g/mol. The summed E-state index contributed by atoms with van der Waals surface area (Å²) in [7, 11) is 0. The Hall–Kier alpha value is -1.45. The number of aryl methyl sites for hydroxylation is 1. The molecule has 0 fully saturated rings. The number of carboxylic acids is 1. The maximum Gasteiger partial charge on any atom is 0.373 e. The van der Waals surface area contributed by atoms with Gasteiger partial charge in [0.1, 0.15) is 0 Å². The second-order valence-corrected chi connectivity index (χ2v) is 3.18. The zero-order valence-electron chi connectivity index (χ0n) is 8.23. The lowest BCUT2D eigenvalue weighted by atomic mass is 10.1. The van der Waals surface area contributed by atoms with E-state index < -0.39 is 5.97 Å². The SMILES string of the molecule is CCCCCc1cnc(C(=O)O)nc1. The molecule has 1 aromatic rings. The molecule has 1 heterocycles. The lowest BCUT2D eigenvalue weighted by Crippen LogP contribution is -2.04. The first-order valence-corrected chi connectivity index (χ1v) is 4.78. The van der Waals surface area contributed by atoms with Crippen molar-refractivity contribution in [2.45, 2.75) is 32.6 Å². The molecule has 0 aromatic carbocycles. The van der Waals surface area contributed by atoms with Crippen molar-refractivity contribution >= 4 is 5.97 Å². The largest absolute Gasteiger partial charge is 0.475 e. The topological polar surface area (TPSA) is 63.1 Å². The van der Waals surface area contributed by atoms with E-state index in [2.05, 4.69) is 16.9 Å². The molecule has 0 saturated heterocycles. The van der Waals surface area contributed by atoms with Gasteiger partial charge in [-0.25, -0.2) is 14.8 Å². The van der Waals surface area contributed by atoms with E-state index in [9.17, 15) is 4.79 Å². The van der Waals surface area contributed by atoms with E-state index in [-0.39, 0.29) is 5.82 Å². The minimum absolute atomic E-state index is 0.135.